The molecule has 0 saturated heterocycles. The number of esters is 1. The number of sulfonamides is 1. The zero-order chi connectivity index (χ0) is 27.5. The standard InChI is InChI=1S/C28H22F3NO5S/c1-18(27(33)37-22-12-11-19-7-3-4-8-20(19)17-22)26(24-9-5-6-10-25(24)28(29,30)31)32-38(34,35)23-15-13-21(36-2)14-16-23/h3-17,26,32H,1H2,2H3/t26-/m0/s1. The Morgan fingerprint density at radius 2 is 1.47 bits per heavy atom. The summed E-state index contributed by atoms with van der Waals surface area (Å²) in [6, 6.07) is 19.9. The maximum absolute atomic E-state index is 13.9. The summed E-state index contributed by atoms with van der Waals surface area (Å²) in [5, 5.41) is 1.65. The molecule has 0 unspecified atom stereocenters. The highest BCUT2D eigenvalue weighted by Gasteiger charge is 2.38. The Balaban J connectivity index is 1.71. The summed E-state index contributed by atoms with van der Waals surface area (Å²) in [5.74, 6) is -0.596. The third kappa shape index (κ3) is 5.87. The largest absolute Gasteiger partial charge is 0.497 e. The van der Waals surface area contributed by atoms with Crippen molar-refractivity contribution in [3.05, 3.63) is 114 Å². The number of carbonyl (C=O) groups is 1. The molecule has 0 spiro atoms. The van der Waals surface area contributed by atoms with Crippen LogP contribution < -0.4 is 14.2 Å². The highest BCUT2D eigenvalue weighted by Crippen LogP contribution is 2.37. The Labute approximate surface area is 217 Å². The van der Waals surface area contributed by atoms with Crippen LogP contribution in [0.25, 0.3) is 10.8 Å². The summed E-state index contributed by atoms with van der Waals surface area (Å²) in [6.07, 6.45) is -4.83. The van der Waals surface area contributed by atoms with E-state index in [2.05, 4.69) is 11.3 Å². The van der Waals surface area contributed by atoms with Crippen LogP contribution in [0.15, 0.2) is 108 Å². The van der Waals surface area contributed by atoms with Crippen LogP contribution in [0.4, 0.5) is 13.2 Å². The monoisotopic (exact) mass is 541 g/mol. The van der Waals surface area contributed by atoms with Crippen LogP contribution in [0.1, 0.15) is 17.2 Å². The van der Waals surface area contributed by atoms with Crippen molar-refractivity contribution < 1.29 is 35.9 Å². The van der Waals surface area contributed by atoms with Crippen molar-refractivity contribution in [3.63, 3.8) is 0 Å². The fraction of sp³-hybridized carbons (Fsp3) is 0.107. The van der Waals surface area contributed by atoms with E-state index in [9.17, 15) is 26.4 Å². The highest BCUT2D eigenvalue weighted by atomic mass is 32.2. The number of halogens is 3. The third-order valence-electron chi connectivity index (χ3n) is 5.76. The van der Waals surface area contributed by atoms with E-state index in [-0.39, 0.29) is 10.6 Å². The van der Waals surface area contributed by atoms with Crippen LogP contribution >= 0.6 is 0 Å². The van der Waals surface area contributed by atoms with Crippen LogP contribution in [-0.2, 0) is 21.0 Å². The molecule has 0 amide bonds. The average molecular weight is 542 g/mol. The molecule has 4 rings (SSSR count). The number of carbonyl (C=O) groups excluding carboxylic acids is 1. The predicted octanol–water partition coefficient (Wildman–Crippen LogP) is 6.05. The van der Waals surface area contributed by atoms with Gasteiger partial charge in [0.15, 0.2) is 0 Å². The molecule has 0 aliphatic heterocycles. The summed E-state index contributed by atoms with van der Waals surface area (Å²) in [7, 11) is -3.02. The molecule has 0 bridgehead atoms. The first-order valence-corrected chi connectivity index (χ1v) is 12.7. The highest BCUT2D eigenvalue weighted by molar-refractivity contribution is 7.89. The van der Waals surface area contributed by atoms with Crippen molar-refractivity contribution in [2.45, 2.75) is 17.1 Å². The predicted molar refractivity (Wildman–Crippen MR) is 136 cm³/mol. The van der Waals surface area contributed by atoms with Gasteiger partial charge >= 0.3 is 12.1 Å². The number of alkyl halides is 3. The van der Waals surface area contributed by atoms with Crippen LogP contribution in [0.2, 0.25) is 0 Å². The number of fused-ring (bicyclic) bond motifs is 1. The molecule has 4 aromatic carbocycles. The van der Waals surface area contributed by atoms with E-state index in [1.165, 1.54) is 43.5 Å². The van der Waals surface area contributed by atoms with E-state index in [1.807, 2.05) is 12.1 Å². The van der Waals surface area contributed by atoms with Crippen molar-refractivity contribution in [3.8, 4) is 11.5 Å². The first-order chi connectivity index (χ1) is 18.0. The summed E-state index contributed by atoms with van der Waals surface area (Å²) in [4.78, 5) is 12.8. The SMILES string of the molecule is C=C(C(=O)Oc1ccc2ccccc2c1)[C@H](NS(=O)(=O)c1ccc(OC)cc1)c1ccccc1C(F)(F)F. The van der Waals surface area contributed by atoms with Crippen LogP contribution in [0.3, 0.4) is 0 Å². The van der Waals surface area contributed by atoms with Gasteiger partial charge in [0.2, 0.25) is 10.0 Å². The average Bonchev–Trinajstić information content (AvgIpc) is 2.91. The van der Waals surface area contributed by atoms with E-state index in [0.717, 1.165) is 29.0 Å². The van der Waals surface area contributed by atoms with Crippen LogP contribution in [0.5, 0.6) is 11.5 Å². The molecule has 1 N–H and O–H groups in total. The van der Waals surface area contributed by atoms with Gasteiger partial charge < -0.3 is 9.47 Å². The molecular formula is C28H22F3NO5S. The lowest BCUT2D eigenvalue weighted by Gasteiger charge is -2.24. The van der Waals surface area contributed by atoms with Gasteiger partial charge in [-0.05, 0) is 58.8 Å². The van der Waals surface area contributed by atoms with E-state index < -0.39 is 44.9 Å². The first-order valence-electron chi connectivity index (χ1n) is 11.2. The topological polar surface area (TPSA) is 81.7 Å². The number of hydrogen-bond donors (Lipinski definition) is 1. The molecule has 10 heteroatoms. The van der Waals surface area contributed by atoms with Crippen molar-refractivity contribution in [2.75, 3.05) is 7.11 Å². The molecule has 38 heavy (non-hydrogen) atoms. The maximum atomic E-state index is 13.9. The number of methoxy groups -OCH3 is 1. The van der Waals surface area contributed by atoms with Crippen molar-refractivity contribution in [1.29, 1.82) is 0 Å². The van der Waals surface area contributed by atoms with E-state index in [4.69, 9.17) is 9.47 Å². The molecular weight excluding hydrogens is 519 g/mol. The number of rotatable bonds is 8. The Morgan fingerprint density at radius 3 is 2.13 bits per heavy atom. The molecule has 4 aromatic rings. The van der Waals surface area contributed by atoms with E-state index in [1.54, 1.807) is 24.3 Å². The van der Waals surface area contributed by atoms with Gasteiger partial charge in [0.25, 0.3) is 0 Å². The third-order valence-corrected chi connectivity index (χ3v) is 7.20. The van der Waals surface area contributed by atoms with Gasteiger partial charge in [0.1, 0.15) is 11.5 Å². The lowest BCUT2D eigenvalue weighted by atomic mass is 9.95. The Morgan fingerprint density at radius 1 is 0.868 bits per heavy atom. The number of ether oxygens (including phenoxy) is 2. The number of hydrogen-bond acceptors (Lipinski definition) is 5. The normalized spacial score (nSPS) is 12.6. The molecule has 0 fully saturated rings. The summed E-state index contributed by atoms with van der Waals surface area (Å²) < 4.78 is 80.6. The summed E-state index contributed by atoms with van der Waals surface area (Å²) >= 11 is 0. The quantitative estimate of drug-likeness (QED) is 0.167. The van der Waals surface area contributed by atoms with Crippen molar-refractivity contribution in [2.24, 2.45) is 0 Å². The molecule has 0 aliphatic rings. The summed E-state index contributed by atoms with van der Waals surface area (Å²) in [5.41, 5.74) is -2.16. The van der Waals surface area contributed by atoms with Gasteiger partial charge in [0, 0.05) is 0 Å². The van der Waals surface area contributed by atoms with E-state index >= 15 is 0 Å². The maximum Gasteiger partial charge on any atom is 0.416 e. The minimum absolute atomic E-state index is 0.121. The van der Waals surface area contributed by atoms with Crippen molar-refractivity contribution >= 4 is 26.8 Å². The fourth-order valence-electron chi connectivity index (χ4n) is 3.83. The second-order valence-corrected chi connectivity index (χ2v) is 9.95. The summed E-state index contributed by atoms with van der Waals surface area (Å²) in [6.45, 7) is 3.63. The van der Waals surface area contributed by atoms with Crippen molar-refractivity contribution in [1.82, 2.24) is 4.72 Å². The fourth-order valence-corrected chi connectivity index (χ4v) is 5.04. The smallest absolute Gasteiger partial charge is 0.416 e. The molecule has 0 radical (unpaired) electrons. The van der Waals surface area contributed by atoms with Gasteiger partial charge in [-0.15, -0.1) is 0 Å². The Hall–Kier alpha value is -4.15. The van der Waals surface area contributed by atoms with Gasteiger partial charge in [0.05, 0.1) is 29.2 Å². The lowest BCUT2D eigenvalue weighted by molar-refractivity contribution is -0.138. The molecule has 0 aliphatic carbocycles. The van der Waals surface area contributed by atoms with Gasteiger partial charge in [-0.1, -0.05) is 55.1 Å². The molecule has 0 aromatic heterocycles. The van der Waals surface area contributed by atoms with Gasteiger partial charge in [-0.25, -0.2) is 13.2 Å². The second-order valence-electron chi connectivity index (χ2n) is 8.24. The minimum atomic E-state index is -4.83. The van der Waals surface area contributed by atoms with Crippen LogP contribution in [0, 0.1) is 0 Å². The Kier molecular flexibility index (Phi) is 7.56. The molecule has 1 atom stereocenters. The Bertz CT molecular complexity index is 1600. The van der Waals surface area contributed by atoms with Gasteiger partial charge in [-0.3, -0.25) is 0 Å². The zero-order valence-corrected chi connectivity index (χ0v) is 20.8. The first kappa shape index (κ1) is 26.9. The zero-order valence-electron chi connectivity index (χ0n) is 20.0. The molecule has 0 heterocycles. The van der Waals surface area contributed by atoms with Gasteiger partial charge in [-0.2, -0.15) is 17.9 Å². The molecule has 0 saturated carbocycles. The molecule has 196 valence electrons. The second kappa shape index (κ2) is 10.7. The lowest BCUT2D eigenvalue weighted by Crippen LogP contribution is -2.34. The number of benzene rings is 4. The molecule has 6 nitrogen and oxygen atoms in total. The van der Waals surface area contributed by atoms with Crippen LogP contribution in [-0.4, -0.2) is 21.5 Å². The van der Waals surface area contributed by atoms with E-state index in [0.29, 0.717) is 5.75 Å². The number of nitrogens with one attached hydrogen (secondary N) is 1. The minimum Gasteiger partial charge on any atom is -0.497 e.